The summed E-state index contributed by atoms with van der Waals surface area (Å²) in [4.78, 5) is 47.9. The van der Waals surface area contributed by atoms with Gasteiger partial charge in [-0.25, -0.2) is 9.97 Å². The lowest BCUT2D eigenvalue weighted by molar-refractivity contribution is 0.0748. The van der Waals surface area contributed by atoms with Crippen molar-refractivity contribution in [3.63, 3.8) is 0 Å². The number of rotatable bonds is 6. The summed E-state index contributed by atoms with van der Waals surface area (Å²) in [5.74, 6) is 0.376. The van der Waals surface area contributed by atoms with E-state index in [-0.39, 0.29) is 24.1 Å². The second kappa shape index (κ2) is 11.4. The SMILES string of the molecule is Cc1ccc2c(c1)c(C(=O)N1CCN(c3cnc(C(=O)NCc4cnc(C)cn4)cn3)CC1)c(-c1ccccc1)n2C. The zero-order valence-electron chi connectivity index (χ0n) is 23.9. The molecule has 1 N–H and O–H groups in total. The van der Waals surface area contributed by atoms with Gasteiger partial charge in [0.15, 0.2) is 0 Å². The molecule has 0 radical (unpaired) electrons. The van der Waals surface area contributed by atoms with Gasteiger partial charge in [-0.05, 0) is 31.5 Å². The van der Waals surface area contributed by atoms with Crippen LogP contribution in [0.2, 0.25) is 0 Å². The van der Waals surface area contributed by atoms with Gasteiger partial charge in [0.25, 0.3) is 11.8 Å². The molecule has 10 heteroatoms. The number of carbonyl (C=O) groups is 2. The van der Waals surface area contributed by atoms with Crippen molar-refractivity contribution in [2.75, 3.05) is 31.1 Å². The van der Waals surface area contributed by atoms with Crippen LogP contribution in [0.15, 0.2) is 73.3 Å². The molecule has 5 aromatic rings. The van der Waals surface area contributed by atoms with E-state index in [9.17, 15) is 9.59 Å². The zero-order valence-corrected chi connectivity index (χ0v) is 23.9. The number of fused-ring (bicyclic) bond motifs is 1. The summed E-state index contributed by atoms with van der Waals surface area (Å²) in [6.07, 6.45) is 6.39. The average molecular weight is 561 g/mol. The lowest BCUT2D eigenvalue weighted by Crippen LogP contribution is -2.49. The highest BCUT2D eigenvalue weighted by atomic mass is 16.2. The first-order chi connectivity index (χ1) is 20.4. The number of carbonyl (C=O) groups excluding carboxylic acids is 2. The molecule has 2 aromatic carbocycles. The van der Waals surface area contributed by atoms with Crippen LogP contribution in [-0.4, -0.2) is 67.4 Å². The van der Waals surface area contributed by atoms with E-state index in [1.54, 1.807) is 18.6 Å². The van der Waals surface area contributed by atoms with Gasteiger partial charge in [0, 0.05) is 50.3 Å². The van der Waals surface area contributed by atoms with Crippen LogP contribution in [0.5, 0.6) is 0 Å². The molecule has 1 aliphatic heterocycles. The highest BCUT2D eigenvalue weighted by Gasteiger charge is 2.29. The van der Waals surface area contributed by atoms with Crippen LogP contribution < -0.4 is 10.2 Å². The van der Waals surface area contributed by atoms with Gasteiger partial charge in [-0.2, -0.15) is 0 Å². The molecule has 0 aliphatic carbocycles. The van der Waals surface area contributed by atoms with Crippen LogP contribution in [0.1, 0.15) is 37.8 Å². The van der Waals surface area contributed by atoms with Crippen molar-refractivity contribution in [3.8, 4) is 11.3 Å². The summed E-state index contributed by atoms with van der Waals surface area (Å²) in [5.41, 5.74) is 6.55. The van der Waals surface area contributed by atoms with Crippen LogP contribution in [-0.2, 0) is 13.6 Å². The molecule has 0 saturated carbocycles. The Balaban J connectivity index is 1.14. The standard InChI is InChI=1S/C32H32N8O2/c1-21-9-10-27-25(15-21)29(30(38(27)3)23-7-5-4-6-8-23)32(42)40-13-11-39(12-14-40)28-20-35-26(19-36-28)31(41)37-18-24-17-33-22(2)16-34-24/h4-10,15-17,19-20H,11-14,18H2,1-3H3,(H,37,41). The smallest absolute Gasteiger partial charge is 0.271 e. The van der Waals surface area contributed by atoms with E-state index < -0.39 is 0 Å². The molecule has 4 heterocycles. The Kier molecular flexibility index (Phi) is 7.35. The second-order valence-corrected chi connectivity index (χ2v) is 10.5. The van der Waals surface area contributed by atoms with E-state index in [0.717, 1.165) is 39.0 Å². The number of nitrogens with one attached hydrogen (secondary N) is 1. The van der Waals surface area contributed by atoms with Crippen LogP contribution in [0.3, 0.4) is 0 Å². The van der Waals surface area contributed by atoms with Gasteiger partial charge in [0.05, 0.1) is 47.8 Å². The molecule has 10 nitrogen and oxygen atoms in total. The topological polar surface area (TPSA) is 109 Å². The summed E-state index contributed by atoms with van der Waals surface area (Å²) in [6, 6.07) is 16.4. The molecule has 6 rings (SSSR count). The van der Waals surface area contributed by atoms with Gasteiger partial charge in [-0.1, -0.05) is 42.0 Å². The first-order valence-electron chi connectivity index (χ1n) is 14.0. The summed E-state index contributed by atoms with van der Waals surface area (Å²) in [5, 5.41) is 3.77. The summed E-state index contributed by atoms with van der Waals surface area (Å²) in [7, 11) is 2.02. The lowest BCUT2D eigenvalue weighted by Gasteiger charge is -2.35. The second-order valence-electron chi connectivity index (χ2n) is 10.5. The van der Waals surface area contributed by atoms with Crippen molar-refractivity contribution < 1.29 is 9.59 Å². The minimum Gasteiger partial charge on any atom is -0.352 e. The first-order valence-corrected chi connectivity index (χ1v) is 14.0. The van der Waals surface area contributed by atoms with Crippen molar-refractivity contribution >= 4 is 28.5 Å². The molecule has 42 heavy (non-hydrogen) atoms. The van der Waals surface area contributed by atoms with E-state index in [2.05, 4.69) is 72.0 Å². The summed E-state index contributed by atoms with van der Waals surface area (Å²) < 4.78 is 2.12. The average Bonchev–Trinajstić information content (AvgIpc) is 3.31. The fraction of sp³-hybridized carbons (Fsp3) is 0.250. The van der Waals surface area contributed by atoms with E-state index >= 15 is 0 Å². The molecular formula is C32H32N8O2. The van der Waals surface area contributed by atoms with Crippen LogP contribution in [0.4, 0.5) is 5.82 Å². The third-order valence-electron chi connectivity index (χ3n) is 7.64. The normalized spacial score (nSPS) is 13.4. The van der Waals surface area contributed by atoms with Gasteiger partial charge < -0.3 is 19.7 Å². The molecule has 1 aliphatic rings. The number of hydrogen-bond donors (Lipinski definition) is 1. The van der Waals surface area contributed by atoms with E-state index in [0.29, 0.717) is 37.7 Å². The molecule has 0 atom stereocenters. The number of piperazine rings is 1. The van der Waals surface area contributed by atoms with Crippen LogP contribution in [0.25, 0.3) is 22.2 Å². The Morgan fingerprint density at radius 2 is 1.64 bits per heavy atom. The van der Waals surface area contributed by atoms with Gasteiger partial charge in [0.2, 0.25) is 0 Å². The monoisotopic (exact) mass is 560 g/mol. The molecule has 0 spiro atoms. The van der Waals surface area contributed by atoms with Gasteiger partial charge in [-0.3, -0.25) is 19.6 Å². The van der Waals surface area contributed by atoms with Crippen molar-refractivity contribution in [1.82, 2.24) is 34.7 Å². The Hall–Kier alpha value is -5.12. The molecule has 1 saturated heterocycles. The Bertz CT molecular complexity index is 1740. The van der Waals surface area contributed by atoms with Crippen LogP contribution >= 0.6 is 0 Å². The van der Waals surface area contributed by atoms with E-state index in [1.807, 2.05) is 37.1 Å². The Morgan fingerprint density at radius 3 is 2.33 bits per heavy atom. The highest BCUT2D eigenvalue weighted by Crippen LogP contribution is 2.35. The fourth-order valence-electron chi connectivity index (χ4n) is 5.38. The maximum absolute atomic E-state index is 14.1. The van der Waals surface area contributed by atoms with Crippen molar-refractivity contribution in [1.29, 1.82) is 0 Å². The maximum atomic E-state index is 14.1. The molecule has 212 valence electrons. The predicted molar refractivity (Wildman–Crippen MR) is 161 cm³/mol. The third-order valence-corrected chi connectivity index (χ3v) is 7.64. The summed E-state index contributed by atoms with van der Waals surface area (Å²) in [6.45, 7) is 6.50. The number of anilines is 1. The zero-order chi connectivity index (χ0) is 29.2. The minimum absolute atomic E-state index is 0.0288. The molecular weight excluding hydrogens is 528 g/mol. The van der Waals surface area contributed by atoms with Crippen molar-refractivity contribution in [3.05, 3.63) is 102 Å². The quantitative estimate of drug-likeness (QED) is 0.335. The van der Waals surface area contributed by atoms with Gasteiger partial charge in [0.1, 0.15) is 11.5 Å². The lowest BCUT2D eigenvalue weighted by atomic mass is 10.0. The molecule has 3 aromatic heterocycles. The number of aryl methyl sites for hydroxylation is 3. The number of benzene rings is 2. The molecule has 0 bridgehead atoms. The molecule has 0 unspecified atom stereocenters. The first kappa shape index (κ1) is 27.1. The maximum Gasteiger partial charge on any atom is 0.271 e. The number of hydrogen-bond acceptors (Lipinski definition) is 7. The number of nitrogens with zero attached hydrogens (tertiary/aromatic N) is 7. The largest absolute Gasteiger partial charge is 0.352 e. The minimum atomic E-state index is -0.327. The molecule has 1 fully saturated rings. The highest BCUT2D eigenvalue weighted by molar-refractivity contribution is 6.13. The molecule has 2 amide bonds. The summed E-state index contributed by atoms with van der Waals surface area (Å²) >= 11 is 0. The third kappa shape index (κ3) is 5.30. The van der Waals surface area contributed by atoms with Gasteiger partial charge >= 0.3 is 0 Å². The Labute approximate surface area is 244 Å². The van der Waals surface area contributed by atoms with E-state index in [4.69, 9.17) is 0 Å². The predicted octanol–water partition coefficient (Wildman–Crippen LogP) is 3.93. The fourth-order valence-corrected chi connectivity index (χ4v) is 5.38. The van der Waals surface area contributed by atoms with Crippen molar-refractivity contribution in [2.24, 2.45) is 7.05 Å². The Morgan fingerprint density at radius 1 is 0.857 bits per heavy atom. The van der Waals surface area contributed by atoms with E-state index in [1.165, 1.54) is 6.20 Å². The number of amides is 2. The van der Waals surface area contributed by atoms with Gasteiger partial charge in [-0.15, -0.1) is 0 Å². The van der Waals surface area contributed by atoms with Crippen molar-refractivity contribution in [2.45, 2.75) is 20.4 Å². The van der Waals surface area contributed by atoms with Crippen LogP contribution in [0, 0.1) is 13.8 Å². The number of aromatic nitrogens is 5.